The van der Waals surface area contributed by atoms with Crippen LogP contribution in [0.15, 0.2) is 27.6 Å². The molecule has 6 nitrogen and oxygen atoms in total. The molecule has 0 radical (unpaired) electrons. The average Bonchev–Trinajstić information content (AvgIpc) is 2.87. The van der Waals surface area contributed by atoms with Gasteiger partial charge in [0.1, 0.15) is 0 Å². The number of carbonyl (C=O) groups excluding carboxylic acids is 1. The van der Waals surface area contributed by atoms with Crippen LogP contribution in [0.4, 0.5) is 0 Å². The van der Waals surface area contributed by atoms with Gasteiger partial charge in [-0.3, -0.25) is 4.79 Å². The highest BCUT2D eigenvalue weighted by Gasteiger charge is 2.18. The Hall–Kier alpha value is -2.37. The van der Waals surface area contributed by atoms with Gasteiger partial charge in [0.25, 0.3) is 5.56 Å². The number of esters is 1. The molecule has 0 amide bonds. The molecule has 2 aromatic rings. The summed E-state index contributed by atoms with van der Waals surface area (Å²) in [4.78, 5) is 24.0. The number of nitrogens with zero attached hydrogens (tertiary/aromatic N) is 2. The van der Waals surface area contributed by atoms with Crippen molar-refractivity contribution >= 4 is 5.97 Å². The van der Waals surface area contributed by atoms with Crippen LogP contribution < -0.4 is 5.56 Å². The van der Waals surface area contributed by atoms with Crippen LogP contribution >= 0.6 is 0 Å². The SMILES string of the molecule is CCOC(=O)c1c(C)cc(=O)n(Cc2ccno2)c1C. The molecule has 0 saturated heterocycles. The summed E-state index contributed by atoms with van der Waals surface area (Å²) in [6, 6.07) is 3.10. The number of ether oxygens (including phenoxy) is 1. The third kappa shape index (κ3) is 2.64. The lowest BCUT2D eigenvalue weighted by molar-refractivity contribution is 0.0523. The van der Waals surface area contributed by atoms with Gasteiger partial charge in [-0.15, -0.1) is 0 Å². The van der Waals surface area contributed by atoms with E-state index in [2.05, 4.69) is 5.16 Å². The summed E-state index contributed by atoms with van der Waals surface area (Å²) in [6.45, 7) is 5.71. The standard InChI is InChI=1S/C14H16N2O4/c1-4-19-14(18)13-9(2)7-12(17)16(10(13)3)8-11-5-6-15-20-11/h5-7H,4,8H2,1-3H3. The number of hydrogen-bond donors (Lipinski definition) is 0. The molecule has 0 N–H and O–H groups in total. The van der Waals surface area contributed by atoms with E-state index in [0.717, 1.165) is 0 Å². The van der Waals surface area contributed by atoms with E-state index in [1.807, 2.05) is 0 Å². The van der Waals surface area contributed by atoms with Gasteiger partial charge in [0, 0.05) is 17.8 Å². The van der Waals surface area contributed by atoms with E-state index in [0.29, 0.717) is 29.2 Å². The summed E-state index contributed by atoms with van der Waals surface area (Å²) >= 11 is 0. The van der Waals surface area contributed by atoms with Crippen LogP contribution in [-0.4, -0.2) is 22.3 Å². The van der Waals surface area contributed by atoms with E-state index < -0.39 is 5.97 Å². The molecule has 0 saturated carbocycles. The lowest BCUT2D eigenvalue weighted by Gasteiger charge is -2.14. The summed E-state index contributed by atoms with van der Waals surface area (Å²) in [7, 11) is 0. The number of rotatable bonds is 4. The van der Waals surface area contributed by atoms with Gasteiger partial charge < -0.3 is 13.8 Å². The van der Waals surface area contributed by atoms with Crippen molar-refractivity contribution in [2.24, 2.45) is 0 Å². The zero-order chi connectivity index (χ0) is 14.7. The molecule has 0 aliphatic rings. The van der Waals surface area contributed by atoms with E-state index in [9.17, 15) is 9.59 Å². The first kappa shape index (κ1) is 14.0. The Morgan fingerprint density at radius 1 is 1.45 bits per heavy atom. The van der Waals surface area contributed by atoms with Gasteiger partial charge in [-0.25, -0.2) is 4.79 Å². The number of hydrogen-bond acceptors (Lipinski definition) is 5. The van der Waals surface area contributed by atoms with Crippen LogP contribution in [-0.2, 0) is 11.3 Å². The molecule has 106 valence electrons. The zero-order valence-electron chi connectivity index (χ0n) is 11.7. The third-order valence-corrected chi connectivity index (χ3v) is 3.05. The minimum atomic E-state index is -0.422. The highest BCUT2D eigenvalue weighted by atomic mass is 16.5. The van der Waals surface area contributed by atoms with Crippen molar-refractivity contribution in [3.63, 3.8) is 0 Å². The van der Waals surface area contributed by atoms with Crippen molar-refractivity contribution in [2.45, 2.75) is 27.3 Å². The van der Waals surface area contributed by atoms with E-state index in [1.165, 1.54) is 16.8 Å². The largest absolute Gasteiger partial charge is 0.462 e. The summed E-state index contributed by atoms with van der Waals surface area (Å²) in [6.07, 6.45) is 1.51. The Bertz CT molecular complexity index is 671. The first-order valence-electron chi connectivity index (χ1n) is 6.32. The fourth-order valence-corrected chi connectivity index (χ4v) is 2.11. The van der Waals surface area contributed by atoms with Gasteiger partial charge in [0.15, 0.2) is 5.76 Å². The molecule has 0 aliphatic carbocycles. The van der Waals surface area contributed by atoms with Crippen molar-refractivity contribution in [3.05, 3.63) is 51.3 Å². The molecular weight excluding hydrogens is 260 g/mol. The number of aryl methyl sites for hydroxylation is 1. The molecular formula is C14H16N2O4. The maximum absolute atomic E-state index is 12.1. The average molecular weight is 276 g/mol. The molecule has 6 heteroatoms. The first-order chi connectivity index (χ1) is 9.54. The van der Waals surface area contributed by atoms with Crippen molar-refractivity contribution in [1.82, 2.24) is 9.72 Å². The molecule has 2 rings (SSSR count). The van der Waals surface area contributed by atoms with Gasteiger partial charge in [-0.2, -0.15) is 0 Å². The van der Waals surface area contributed by atoms with Crippen molar-refractivity contribution < 1.29 is 14.1 Å². The second-order valence-electron chi connectivity index (χ2n) is 4.41. The monoisotopic (exact) mass is 276 g/mol. The van der Waals surface area contributed by atoms with Crippen LogP contribution in [0.2, 0.25) is 0 Å². The molecule has 0 unspecified atom stereocenters. The Labute approximate surface area is 116 Å². The summed E-state index contributed by atoms with van der Waals surface area (Å²) in [5, 5.41) is 3.60. The van der Waals surface area contributed by atoms with Crippen LogP contribution in [0.25, 0.3) is 0 Å². The predicted octanol–water partition coefficient (Wildman–Crippen LogP) is 1.68. The van der Waals surface area contributed by atoms with Crippen molar-refractivity contribution in [3.8, 4) is 0 Å². The van der Waals surface area contributed by atoms with E-state index in [-0.39, 0.29) is 12.1 Å². The maximum Gasteiger partial charge on any atom is 0.340 e. The second kappa shape index (κ2) is 5.73. The molecule has 0 aliphatic heterocycles. The highest BCUT2D eigenvalue weighted by molar-refractivity contribution is 5.92. The van der Waals surface area contributed by atoms with Gasteiger partial charge in [0.2, 0.25) is 0 Å². The predicted molar refractivity (Wildman–Crippen MR) is 71.7 cm³/mol. The fourth-order valence-electron chi connectivity index (χ4n) is 2.11. The van der Waals surface area contributed by atoms with Crippen LogP contribution in [0.3, 0.4) is 0 Å². The quantitative estimate of drug-likeness (QED) is 0.794. The molecule has 0 fully saturated rings. The Morgan fingerprint density at radius 3 is 2.80 bits per heavy atom. The van der Waals surface area contributed by atoms with Crippen molar-refractivity contribution in [1.29, 1.82) is 0 Å². The van der Waals surface area contributed by atoms with Gasteiger partial charge >= 0.3 is 5.97 Å². The van der Waals surface area contributed by atoms with E-state index >= 15 is 0 Å². The smallest absolute Gasteiger partial charge is 0.340 e. The Balaban J connectivity index is 2.49. The summed E-state index contributed by atoms with van der Waals surface area (Å²) < 4.78 is 11.5. The van der Waals surface area contributed by atoms with Crippen LogP contribution in [0, 0.1) is 13.8 Å². The van der Waals surface area contributed by atoms with Crippen molar-refractivity contribution in [2.75, 3.05) is 6.61 Å². The fraction of sp³-hybridized carbons (Fsp3) is 0.357. The topological polar surface area (TPSA) is 74.3 Å². The maximum atomic E-state index is 12.1. The lowest BCUT2D eigenvalue weighted by atomic mass is 10.1. The van der Waals surface area contributed by atoms with Gasteiger partial charge in [-0.05, 0) is 26.3 Å². The van der Waals surface area contributed by atoms with Crippen LogP contribution in [0.5, 0.6) is 0 Å². The Morgan fingerprint density at radius 2 is 2.20 bits per heavy atom. The minimum absolute atomic E-state index is 0.190. The Kier molecular flexibility index (Phi) is 4.02. The molecule has 0 bridgehead atoms. The van der Waals surface area contributed by atoms with Gasteiger partial charge in [-0.1, -0.05) is 5.16 Å². The van der Waals surface area contributed by atoms with Crippen LogP contribution in [0.1, 0.15) is 34.3 Å². The molecule has 0 atom stereocenters. The van der Waals surface area contributed by atoms with Gasteiger partial charge in [0.05, 0.1) is 24.9 Å². The third-order valence-electron chi connectivity index (χ3n) is 3.05. The molecule has 2 aromatic heterocycles. The first-order valence-corrected chi connectivity index (χ1v) is 6.32. The molecule has 0 spiro atoms. The molecule has 0 aromatic carbocycles. The summed E-state index contributed by atoms with van der Waals surface area (Å²) in [5.74, 6) is 0.127. The molecule has 20 heavy (non-hydrogen) atoms. The summed E-state index contributed by atoms with van der Waals surface area (Å²) in [5.41, 5.74) is 1.40. The van der Waals surface area contributed by atoms with E-state index in [1.54, 1.807) is 26.8 Å². The normalized spacial score (nSPS) is 10.6. The van der Waals surface area contributed by atoms with E-state index in [4.69, 9.17) is 9.26 Å². The highest BCUT2D eigenvalue weighted by Crippen LogP contribution is 2.14. The number of aromatic nitrogens is 2. The minimum Gasteiger partial charge on any atom is -0.462 e. The molecule has 2 heterocycles. The number of pyridine rings is 1. The lowest BCUT2D eigenvalue weighted by Crippen LogP contribution is -2.26. The zero-order valence-corrected chi connectivity index (χ0v) is 11.7. The number of carbonyl (C=O) groups is 1. The second-order valence-corrected chi connectivity index (χ2v) is 4.41.